The van der Waals surface area contributed by atoms with Crippen LogP contribution in [0.25, 0.3) is 0 Å². The number of rotatable bonds is 11. The number of halogens is 1. The molecule has 9 heteroatoms. The summed E-state index contributed by atoms with van der Waals surface area (Å²) < 4.78 is 26.4. The van der Waals surface area contributed by atoms with Crippen LogP contribution in [0, 0.1) is 19.8 Å². The van der Waals surface area contributed by atoms with Crippen molar-refractivity contribution in [2.45, 2.75) is 53.6 Å². The second kappa shape index (κ2) is 12.4. The molecule has 0 radical (unpaired) electrons. The number of hydrogen-bond donors (Lipinski definition) is 1. The summed E-state index contributed by atoms with van der Waals surface area (Å²) in [6.45, 7) is 9.82. The molecule has 1 atom stereocenters. The van der Waals surface area contributed by atoms with Gasteiger partial charge < -0.3 is 10.2 Å². The van der Waals surface area contributed by atoms with Gasteiger partial charge in [0.05, 0.1) is 11.9 Å². The van der Waals surface area contributed by atoms with E-state index in [4.69, 9.17) is 11.6 Å². The number of nitrogens with one attached hydrogen (secondary N) is 1. The smallest absolute Gasteiger partial charge is 0.244 e. The van der Waals surface area contributed by atoms with Crippen LogP contribution in [0.3, 0.4) is 0 Å². The van der Waals surface area contributed by atoms with Crippen LogP contribution in [-0.4, -0.2) is 50.5 Å². The number of benzene rings is 2. The average Bonchev–Trinajstić information content (AvgIpc) is 2.78. The Labute approximate surface area is 214 Å². The Kier molecular flexibility index (Phi) is 10.2. The van der Waals surface area contributed by atoms with Crippen LogP contribution < -0.4 is 9.62 Å². The molecule has 0 aromatic heterocycles. The molecule has 7 nitrogen and oxygen atoms in total. The molecule has 35 heavy (non-hydrogen) atoms. The average molecular weight is 522 g/mol. The lowest BCUT2D eigenvalue weighted by Crippen LogP contribution is -2.52. The molecule has 2 amide bonds. The van der Waals surface area contributed by atoms with Crippen molar-refractivity contribution >= 4 is 39.1 Å². The number of carbonyl (C=O) groups excluding carboxylic acids is 2. The van der Waals surface area contributed by atoms with Crippen molar-refractivity contribution in [3.63, 3.8) is 0 Å². The zero-order valence-electron chi connectivity index (χ0n) is 21.3. The van der Waals surface area contributed by atoms with Crippen LogP contribution >= 0.6 is 11.6 Å². The Morgan fingerprint density at radius 1 is 1.06 bits per heavy atom. The van der Waals surface area contributed by atoms with Crippen LogP contribution in [0.5, 0.6) is 0 Å². The predicted octanol–water partition coefficient (Wildman–Crippen LogP) is 4.30. The maximum atomic E-state index is 13.6. The lowest BCUT2D eigenvalue weighted by molar-refractivity contribution is -0.140. The number of nitrogens with zero attached hydrogens (tertiary/aromatic N) is 2. The number of carbonyl (C=O) groups is 2. The van der Waals surface area contributed by atoms with Gasteiger partial charge in [-0.3, -0.25) is 13.9 Å². The zero-order valence-corrected chi connectivity index (χ0v) is 22.9. The van der Waals surface area contributed by atoms with Gasteiger partial charge in [0.1, 0.15) is 12.6 Å². The molecule has 0 heterocycles. The SMILES string of the molecule is CC[C@@H](C(=O)NCC(C)C)N(Cc1ccc(C)cc1)C(=O)CN(c1ccc(C)c(Cl)c1)S(C)(=O)=O. The fraction of sp³-hybridized carbons (Fsp3) is 0.462. The van der Waals surface area contributed by atoms with Crippen molar-refractivity contribution in [2.24, 2.45) is 5.92 Å². The lowest BCUT2D eigenvalue weighted by Gasteiger charge is -2.33. The molecule has 0 aliphatic rings. The topological polar surface area (TPSA) is 86.8 Å². The summed E-state index contributed by atoms with van der Waals surface area (Å²) in [6.07, 6.45) is 1.43. The van der Waals surface area contributed by atoms with Crippen molar-refractivity contribution in [3.8, 4) is 0 Å². The van der Waals surface area contributed by atoms with E-state index < -0.39 is 28.5 Å². The van der Waals surface area contributed by atoms with E-state index in [9.17, 15) is 18.0 Å². The second-order valence-electron chi connectivity index (χ2n) is 9.27. The summed E-state index contributed by atoms with van der Waals surface area (Å²) in [6, 6.07) is 11.8. The third kappa shape index (κ3) is 8.25. The Morgan fingerprint density at radius 3 is 2.20 bits per heavy atom. The first-order valence-corrected chi connectivity index (χ1v) is 13.9. The summed E-state index contributed by atoms with van der Waals surface area (Å²) in [4.78, 5) is 28.2. The van der Waals surface area contributed by atoms with Gasteiger partial charge in [-0.15, -0.1) is 0 Å². The Morgan fingerprint density at radius 2 is 1.69 bits per heavy atom. The van der Waals surface area contributed by atoms with Crippen molar-refractivity contribution in [1.29, 1.82) is 0 Å². The van der Waals surface area contributed by atoms with E-state index in [0.717, 1.165) is 27.3 Å². The van der Waals surface area contributed by atoms with Crippen LogP contribution in [-0.2, 0) is 26.2 Å². The fourth-order valence-electron chi connectivity index (χ4n) is 3.58. The van der Waals surface area contributed by atoms with Gasteiger partial charge in [0.15, 0.2) is 0 Å². The highest BCUT2D eigenvalue weighted by Gasteiger charge is 2.31. The van der Waals surface area contributed by atoms with Gasteiger partial charge in [-0.2, -0.15) is 0 Å². The third-order valence-corrected chi connectivity index (χ3v) is 7.21. The van der Waals surface area contributed by atoms with Gasteiger partial charge in [0.2, 0.25) is 21.8 Å². The number of aryl methyl sites for hydroxylation is 2. The van der Waals surface area contributed by atoms with Crippen LogP contribution in [0.1, 0.15) is 43.9 Å². The minimum atomic E-state index is -3.80. The van der Waals surface area contributed by atoms with Gasteiger partial charge in [-0.1, -0.05) is 68.3 Å². The molecular weight excluding hydrogens is 486 g/mol. The first-order valence-electron chi connectivity index (χ1n) is 11.7. The molecule has 0 fully saturated rings. The van der Waals surface area contributed by atoms with E-state index in [-0.39, 0.29) is 18.4 Å². The van der Waals surface area contributed by atoms with E-state index in [2.05, 4.69) is 5.32 Å². The van der Waals surface area contributed by atoms with E-state index in [1.54, 1.807) is 12.1 Å². The van der Waals surface area contributed by atoms with E-state index in [1.165, 1.54) is 11.0 Å². The maximum Gasteiger partial charge on any atom is 0.244 e. The van der Waals surface area contributed by atoms with Gasteiger partial charge in [-0.05, 0) is 49.4 Å². The van der Waals surface area contributed by atoms with E-state index in [1.807, 2.05) is 58.9 Å². The number of hydrogen-bond acceptors (Lipinski definition) is 4. The quantitative estimate of drug-likeness (QED) is 0.477. The van der Waals surface area contributed by atoms with Gasteiger partial charge >= 0.3 is 0 Å². The predicted molar refractivity (Wildman–Crippen MR) is 142 cm³/mol. The Bertz CT molecular complexity index is 1130. The van der Waals surface area contributed by atoms with Crippen molar-refractivity contribution < 1.29 is 18.0 Å². The van der Waals surface area contributed by atoms with Gasteiger partial charge in [0, 0.05) is 18.1 Å². The molecule has 0 unspecified atom stereocenters. The fourth-order valence-corrected chi connectivity index (χ4v) is 4.60. The molecule has 1 N–H and O–H groups in total. The molecule has 2 rings (SSSR count). The van der Waals surface area contributed by atoms with Gasteiger partial charge in [0.25, 0.3) is 0 Å². The molecule has 0 spiro atoms. The molecule has 0 aliphatic heterocycles. The van der Waals surface area contributed by atoms with Crippen molar-refractivity contribution in [2.75, 3.05) is 23.7 Å². The van der Waals surface area contributed by atoms with E-state index >= 15 is 0 Å². The Balaban J connectivity index is 2.43. The normalized spacial score (nSPS) is 12.3. The minimum absolute atomic E-state index is 0.180. The van der Waals surface area contributed by atoms with Crippen LogP contribution in [0.4, 0.5) is 5.69 Å². The Hall–Kier alpha value is -2.58. The summed E-state index contributed by atoms with van der Waals surface area (Å²) in [7, 11) is -3.80. The summed E-state index contributed by atoms with van der Waals surface area (Å²) >= 11 is 6.23. The lowest BCUT2D eigenvalue weighted by atomic mass is 10.1. The zero-order chi connectivity index (χ0) is 26.3. The minimum Gasteiger partial charge on any atom is -0.354 e. The number of anilines is 1. The maximum absolute atomic E-state index is 13.6. The highest BCUT2D eigenvalue weighted by atomic mass is 35.5. The molecule has 0 aliphatic carbocycles. The number of amides is 2. The molecule has 0 saturated heterocycles. The van der Waals surface area contributed by atoms with E-state index in [0.29, 0.717) is 23.7 Å². The number of sulfonamides is 1. The highest BCUT2D eigenvalue weighted by Crippen LogP contribution is 2.25. The van der Waals surface area contributed by atoms with Crippen molar-refractivity contribution in [3.05, 3.63) is 64.2 Å². The van der Waals surface area contributed by atoms with Gasteiger partial charge in [-0.25, -0.2) is 8.42 Å². The largest absolute Gasteiger partial charge is 0.354 e. The molecule has 2 aromatic carbocycles. The van der Waals surface area contributed by atoms with Crippen molar-refractivity contribution in [1.82, 2.24) is 10.2 Å². The summed E-state index contributed by atoms with van der Waals surface area (Å²) in [5.41, 5.74) is 3.02. The standard InChI is InChI=1S/C26H36ClN3O4S/c1-7-24(26(32)28-15-18(2)3)29(16-21-11-8-19(4)9-12-21)25(31)17-30(35(6,33)34)22-13-10-20(5)23(27)14-22/h8-14,18,24H,7,15-17H2,1-6H3,(H,28,32)/t24-/m0/s1. The summed E-state index contributed by atoms with van der Waals surface area (Å²) in [5.74, 6) is -0.477. The molecule has 192 valence electrons. The monoisotopic (exact) mass is 521 g/mol. The molecular formula is C26H36ClN3O4S. The van der Waals surface area contributed by atoms with Crippen LogP contribution in [0.2, 0.25) is 5.02 Å². The van der Waals surface area contributed by atoms with Crippen LogP contribution in [0.15, 0.2) is 42.5 Å². The molecule has 0 bridgehead atoms. The first kappa shape index (κ1) is 28.7. The highest BCUT2D eigenvalue weighted by molar-refractivity contribution is 7.92. The molecule has 0 saturated carbocycles. The summed E-state index contributed by atoms with van der Waals surface area (Å²) in [5, 5.41) is 3.31. The second-order valence-corrected chi connectivity index (χ2v) is 11.6. The molecule has 2 aromatic rings. The first-order chi connectivity index (χ1) is 16.3. The third-order valence-electron chi connectivity index (χ3n) is 5.67.